The van der Waals surface area contributed by atoms with Crippen LogP contribution in [0.4, 0.5) is 5.69 Å². The summed E-state index contributed by atoms with van der Waals surface area (Å²) in [6, 6.07) is 35.3. The van der Waals surface area contributed by atoms with Crippen LogP contribution >= 0.6 is 11.3 Å². The number of anilines is 1. The average molecular weight is 774 g/mol. The van der Waals surface area contributed by atoms with Crippen molar-refractivity contribution in [2.45, 2.75) is 57.7 Å². The molecule has 1 unspecified atom stereocenters. The highest BCUT2D eigenvalue weighted by Gasteiger charge is 2.27. The van der Waals surface area contributed by atoms with Crippen LogP contribution in [0.15, 0.2) is 116 Å². The summed E-state index contributed by atoms with van der Waals surface area (Å²) >= 11 is 1.51. The zero-order valence-corrected chi connectivity index (χ0v) is 32.5. The summed E-state index contributed by atoms with van der Waals surface area (Å²) in [5.74, 6) is -0.00135. The highest BCUT2D eigenvalue weighted by Crippen LogP contribution is 2.32. The Morgan fingerprint density at radius 2 is 1.67 bits per heavy atom. The predicted octanol–water partition coefficient (Wildman–Crippen LogP) is 8.11. The largest absolute Gasteiger partial charge is 0.374 e. The fourth-order valence-electron chi connectivity index (χ4n) is 8.08. The van der Waals surface area contributed by atoms with Gasteiger partial charge in [0.15, 0.2) is 0 Å². The molecule has 11 heteroatoms. The minimum atomic E-state index is -0.372. The van der Waals surface area contributed by atoms with Crippen molar-refractivity contribution < 1.29 is 14.4 Å². The van der Waals surface area contributed by atoms with Crippen LogP contribution in [0, 0.1) is 6.92 Å². The van der Waals surface area contributed by atoms with Crippen molar-refractivity contribution >= 4 is 50.3 Å². The molecule has 2 saturated heterocycles. The maximum atomic E-state index is 12.9. The lowest BCUT2D eigenvalue weighted by Crippen LogP contribution is -2.47. The second-order valence-electron chi connectivity index (χ2n) is 15.2. The number of carbonyl (C=O) groups is 3. The van der Waals surface area contributed by atoms with Crippen LogP contribution in [-0.4, -0.2) is 56.4 Å². The van der Waals surface area contributed by atoms with Crippen LogP contribution < -0.4 is 16.0 Å². The van der Waals surface area contributed by atoms with E-state index < -0.39 is 0 Å². The summed E-state index contributed by atoms with van der Waals surface area (Å²) < 4.78 is 3.01. The first-order chi connectivity index (χ1) is 27.8. The lowest BCUT2D eigenvalue weighted by molar-refractivity contribution is -0.133. The average Bonchev–Trinajstić information content (AvgIpc) is 3.88. The highest BCUT2D eigenvalue weighted by atomic mass is 32.1. The first-order valence-electron chi connectivity index (χ1n) is 19.5. The van der Waals surface area contributed by atoms with E-state index in [2.05, 4.69) is 99.7 Å². The summed E-state index contributed by atoms with van der Waals surface area (Å²) in [6.07, 6.45) is 6.74. The van der Waals surface area contributed by atoms with Gasteiger partial charge in [-0.15, -0.1) is 11.3 Å². The lowest BCUT2D eigenvalue weighted by atomic mass is 9.89. The number of aromatic nitrogens is 3. The SMILES string of the molecule is Cc1cc(-c2ncnn3cc(-c4ccc(CN5CCC(c6ccc(NC7CCC(=O)NC7=O)cc6)CC5)cc4)cc23)ccc1CNC(=O)c1cc2ccccc2s1. The number of hydrogen-bond donors (Lipinski definition) is 3. The lowest BCUT2D eigenvalue weighted by Gasteiger charge is -2.32. The molecule has 2 fully saturated rings. The van der Waals surface area contributed by atoms with Gasteiger partial charge < -0.3 is 10.6 Å². The maximum absolute atomic E-state index is 12.9. The number of amides is 3. The normalized spacial score (nSPS) is 16.5. The monoisotopic (exact) mass is 773 g/mol. The van der Waals surface area contributed by atoms with Crippen LogP contribution in [0.25, 0.3) is 38.0 Å². The Morgan fingerprint density at radius 3 is 2.44 bits per heavy atom. The van der Waals surface area contributed by atoms with E-state index in [4.69, 9.17) is 4.98 Å². The van der Waals surface area contributed by atoms with Gasteiger partial charge in [-0.2, -0.15) is 5.10 Å². The third kappa shape index (κ3) is 7.94. The van der Waals surface area contributed by atoms with Gasteiger partial charge in [-0.25, -0.2) is 9.50 Å². The summed E-state index contributed by atoms with van der Waals surface area (Å²) in [7, 11) is 0. The van der Waals surface area contributed by atoms with Crippen molar-refractivity contribution in [1.29, 1.82) is 0 Å². The number of benzene rings is 4. The van der Waals surface area contributed by atoms with Gasteiger partial charge in [0.05, 0.1) is 16.1 Å². The minimum Gasteiger partial charge on any atom is -0.374 e. The van der Waals surface area contributed by atoms with Gasteiger partial charge >= 0.3 is 0 Å². The van der Waals surface area contributed by atoms with Crippen LogP contribution in [0.2, 0.25) is 0 Å². The van der Waals surface area contributed by atoms with Crippen molar-refractivity contribution in [1.82, 2.24) is 30.1 Å². The number of hydrogen-bond acceptors (Lipinski definition) is 8. The smallest absolute Gasteiger partial charge is 0.261 e. The molecular formula is C46H43N7O3S. The van der Waals surface area contributed by atoms with E-state index in [-0.39, 0.29) is 23.8 Å². The Kier molecular flexibility index (Phi) is 10.1. The van der Waals surface area contributed by atoms with Crippen LogP contribution in [0.3, 0.4) is 0 Å². The molecule has 3 N–H and O–H groups in total. The van der Waals surface area contributed by atoms with Gasteiger partial charge in [0.1, 0.15) is 12.4 Å². The number of carbonyl (C=O) groups excluding carboxylic acids is 3. The van der Waals surface area contributed by atoms with Gasteiger partial charge in [0.2, 0.25) is 11.8 Å². The van der Waals surface area contributed by atoms with Crippen molar-refractivity contribution in [2.75, 3.05) is 18.4 Å². The minimum absolute atomic E-state index is 0.0605. The molecular weight excluding hydrogens is 731 g/mol. The highest BCUT2D eigenvalue weighted by molar-refractivity contribution is 7.20. The second-order valence-corrected chi connectivity index (χ2v) is 16.2. The first-order valence-corrected chi connectivity index (χ1v) is 20.4. The zero-order chi connectivity index (χ0) is 38.9. The molecule has 10 nitrogen and oxygen atoms in total. The summed E-state index contributed by atoms with van der Waals surface area (Å²) in [4.78, 5) is 44.5. The molecule has 9 rings (SSSR count). The number of imide groups is 1. The molecule has 0 spiro atoms. The van der Waals surface area contributed by atoms with E-state index in [0.717, 1.165) is 87.3 Å². The molecule has 2 aliphatic rings. The van der Waals surface area contributed by atoms with E-state index in [0.29, 0.717) is 30.2 Å². The fourth-order valence-corrected chi connectivity index (χ4v) is 9.06. The van der Waals surface area contributed by atoms with Gasteiger partial charge in [-0.1, -0.05) is 66.7 Å². The predicted molar refractivity (Wildman–Crippen MR) is 225 cm³/mol. The van der Waals surface area contributed by atoms with Crippen LogP contribution in [-0.2, 0) is 22.7 Å². The van der Waals surface area contributed by atoms with Crippen molar-refractivity contribution in [3.63, 3.8) is 0 Å². The molecule has 0 saturated carbocycles. The molecule has 0 bridgehead atoms. The second kappa shape index (κ2) is 15.8. The Bertz CT molecular complexity index is 2570. The van der Waals surface area contributed by atoms with Gasteiger partial charge in [0.25, 0.3) is 5.91 Å². The van der Waals surface area contributed by atoms with Crippen molar-refractivity contribution in [2.24, 2.45) is 0 Å². The Balaban J connectivity index is 0.799. The molecule has 286 valence electrons. The van der Waals surface area contributed by atoms with E-state index in [1.165, 1.54) is 22.5 Å². The fraction of sp³-hybridized carbons (Fsp3) is 0.239. The van der Waals surface area contributed by atoms with Crippen LogP contribution in [0.5, 0.6) is 0 Å². The molecule has 5 heterocycles. The van der Waals surface area contributed by atoms with E-state index in [1.54, 1.807) is 6.33 Å². The number of fused-ring (bicyclic) bond motifs is 2. The van der Waals surface area contributed by atoms with Crippen LogP contribution in [0.1, 0.15) is 63.5 Å². The molecule has 0 radical (unpaired) electrons. The molecule has 57 heavy (non-hydrogen) atoms. The number of rotatable bonds is 10. The number of piperidine rings is 2. The number of aryl methyl sites for hydroxylation is 1. The topological polar surface area (TPSA) is 121 Å². The molecule has 3 aromatic heterocycles. The summed E-state index contributed by atoms with van der Waals surface area (Å²) in [6.45, 7) is 5.51. The molecule has 1 atom stereocenters. The number of nitrogens with one attached hydrogen (secondary N) is 3. The van der Waals surface area contributed by atoms with Crippen molar-refractivity contribution in [3.05, 3.63) is 143 Å². The Labute approximate surface area is 334 Å². The van der Waals surface area contributed by atoms with Crippen molar-refractivity contribution in [3.8, 4) is 22.4 Å². The molecule has 2 aliphatic heterocycles. The van der Waals surface area contributed by atoms with E-state index in [9.17, 15) is 14.4 Å². The standard InChI is InChI=1S/C46H43N7O3S/c1-29-22-35(10-11-36(29)25-47-46(56)42-24-34-4-2-3-5-41(34)57-42)44-40-23-37(27-53(40)49-28-48-44)32-8-6-30(7-9-32)26-52-20-18-33(19-21-52)31-12-14-38(15-13-31)50-39-16-17-43(54)51-45(39)55/h2-15,22-24,27-28,33,39,50H,16-21,25-26H2,1H3,(H,47,56)(H,51,54,55). The molecule has 3 amide bonds. The Hall–Kier alpha value is -6.17. The van der Waals surface area contributed by atoms with E-state index in [1.807, 2.05) is 47.0 Å². The first kappa shape index (κ1) is 36.5. The molecule has 0 aliphatic carbocycles. The summed E-state index contributed by atoms with van der Waals surface area (Å²) in [5, 5.41) is 14.4. The maximum Gasteiger partial charge on any atom is 0.261 e. The zero-order valence-electron chi connectivity index (χ0n) is 31.7. The number of thiophene rings is 1. The molecule has 4 aromatic carbocycles. The third-order valence-electron chi connectivity index (χ3n) is 11.4. The van der Waals surface area contributed by atoms with Gasteiger partial charge in [-0.3, -0.25) is 24.6 Å². The quantitative estimate of drug-likeness (QED) is 0.120. The number of nitrogens with zero attached hydrogens (tertiary/aromatic N) is 4. The third-order valence-corrected chi connectivity index (χ3v) is 12.5. The van der Waals surface area contributed by atoms with Gasteiger partial charge in [-0.05, 0) is 115 Å². The van der Waals surface area contributed by atoms with Gasteiger partial charge in [0, 0.05) is 47.2 Å². The van der Waals surface area contributed by atoms with E-state index >= 15 is 0 Å². The Morgan fingerprint density at radius 1 is 0.877 bits per heavy atom. The summed E-state index contributed by atoms with van der Waals surface area (Å²) in [5.41, 5.74) is 10.7. The molecule has 7 aromatic rings. The number of likely N-dealkylation sites (tertiary alicyclic amines) is 1.